The van der Waals surface area contributed by atoms with Crippen LogP contribution >= 0.6 is 0 Å². The van der Waals surface area contributed by atoms with E-state index in [4.69, 9.17) is 4.74 Å². The second kappa shape index (κ2) is 6.95. The van der Waals surface area contributed by atoms with Crippen molar-refractivity contribution < 1.29 is 14.3 Å². The van der Waals surface area contributed by atoms with Gasteiger partial charge in [0.25, 0.3) is 5.91 Å². The fourth-order valence-electron chi connectivity index (χ4n) is 3.17. The summed E-state index contributed by atoms with van der Waals surface area (Å²) < 4.78 is 5.22. The van der Waals surface area contributed by atoms with E-state index in [9.17, 15) is 9.59 Å². The van der Waals surface area contributed by atoms with Crippen LogP contribution < -0.4 is 15.4 Å². The van der Waals surface area contributed by atoms with Crippen LogP contribution in [0.3, 0.4) is 0 Å². The molecule has 0 bridgehead atoms. The third kappa shape index (κ3) is 3.39. The summed E-state index contributed by atoms with van der Waals surface area (Å²) in [6, 6.07) is 14.5. The Morgan fingerprint density at radius 1 is 1.22 bits per heavy atom. The Bertz CT molecular complexity index is 1010. The van der Waals surface area contributed by atoms with E-state index in [1.165, 1.54) is 0 Å². The van der Waals surface area contributed by atoms with E-state index < -0.39 is 0 Å². The molecular weight excluding hydrogens is 344 g/mol. The number of aromatic amines is 1. The molecule has 136 valence electrons. The van der Waals surface area contributed by atoms with Crippen LogP contribution in [0.1, 0.15) is 28.4 Å². The van der Waals surface area contributed by atoms with Crippen LogP contribution in [-0.4, -0.2) is 28.9 Å². The van der Waals surface area contributed by atoms with Gasteiger partial charge in [-0.15, -0.1) is 0 Å². The zero-order chi connectivity index (χ0) is 18.8. The van der Waals surface area contributed by atoms with Gasteiger partial charge in [-0.1, -0.05) is 30.3 Å². The number of methoxy groups -OCH3 is 1. The number of H-pyrrole nitrogens is 1. The topological polar surface area (TPSA) is 96.1 Å². The number of carbonyl (C=O) groups is 2. The van der Waals surface area contributed by atoms with Gasteiger partial charge < -0.3 is 15.0 Å². The smallest absolute Gasteiger partial charge is 0.252 e. The number of hydrogen-bond donors (Lipinski definition) is 3. The lowest BCUT2D eigenvalue weighted by atomic mass is 10.0. The Morgan fingerprint density at radius 3 is 2.93 bits per heavy atom. The molecule has 0 saturated heterocycles. The first-order valence-electron chi connectivity index (χ1n) is 8.53. The first-order valence-corrected chi connectivity index (χ1v) is 8.53. The minimum Gasteiger partial charge on any atom is -0.497 e. The Labute approximate surface area is 155 Å². The van der Waals surface area contributed by atoms with Gasteiger partial charge in [0.05, 0.1) is 31.5 Å². The maximum absolute atomic E-state index is 12.4. The number of nitrogens with zero attached hydrogens (tertiary/aromatic N) is 1. The molecule has 2 amide bonds. The zero-order valence-corrected chi connectivity index (χ0v) is 14.7. The fourth-order valence-corrected chi connectivity index (χ4v) is 3.17. The maximum Gasteiger partial charge on any atom is 0.252 e. The standard InChI is InChI=1S/C20H18N4O3/c1-27-13-6-4-5-12(9-13)17-11-21-20(23-17)24-18(25)10-16-14-7-2-3-8-15(14)19(26)22-16/h2-9,11,16H,10H2,1H3,(H,22,26)(H2,21,23,24,25). The van der Waals surface area contributed by atoms with Gasteiger partial charge in [0.1, 0.15) is 5.75 Å². The van der Waals surface area contributed by atoms with Crippen molar-refractivity contribution in [3.8, 4) is 17.0 Å². The number of rotatable bonds is 5. The van der Waals surface area contributed by atoms with Crippen molar-refractivity contribution in [3.05, 3.63) is 65.9 Å². The van der Waals surface area contributed by atoms with Gasteiger partial charge in [-0.05, 0) is 23.8 Å². The van der Waals surface area contributed by atoms with Crippen LogP contribution in [0.2, 0.25) is 0 Å². The number of amides is 2. The molecule has 0 saturated carbocycles. The molecule has 1 aliphatic rings. The molecular formula is C20H18N4O3. The van der Waals surface area contributed by atoms with Gasteiger partial charge in [-0.25, -0.2) is 4.98 Å². The number of ether oxygens (including phenoxy) is 1. The summed E-state index contributed by atoms with van der Waals surface area (Å²) in [5, 5.41) is 5.58. The van der Waals surface area contributed by atoms with Crippen molar-refractivity contribution >= 4 is 17.8 Å². The minimum atomic E-state index is -0.332. The van der Waals surface area contributed by atoms with Crippen LogP contribution in [0.4, 0.5) is 5.95 Å². The molecule has 4 rings (SSSR count). The lowest BCUT2D eigenvalue weighted by Gasteiger charge is -2.10. The third-order valence-corrected chi connectivity index (χ3v) is 4.49. The van der Waals surface area contributed by atoms with Crippen molar-refractivity contribution in [2.75, 3.05) is 12.4 Å². The summed E-state index contributed by atoms with van der Waals surface area (Å²) in [7, 11) is 1.61. The number of carbonyl (C=O) groups excluding carboxylic acids is 2. The average Bonchev–Trinajstić information content (AvgIpc) is 3.27. The van der Waals surface area contributed by atoms with Gasteiger partial charge in [0.15, 0.2) is 0 Å². The van der Waals surface area contributed by atoms with E-state index >= 15 is 0 Å². The first-order chi connectivity index (χ1) is 13.1. The number of fused-ring (bicyclic) bond motifs is 1. The van der Waals surface area contributed by atoms with Crippen LogP contribution in [0, 0.1) is 0 Å². The monoisotopic (exact) mass is 362 g/mol. The van der Waals surface area contributed by atoms with Crippen LogP contribution in [0.5, 0.6) is 5.75 Å². The summed E-state index contributed by atoms with van der Waals surface area (Å²) in [4.78, 5) is 31.6. The zero-order valence-electron chi connectivity index (χ0n) is 14.7. The van der Waals surface area contributed by atoms with Crippen LogP contribution in [0.25, 0.3) is 11.3 Å². The molecule has 1 atom stereocenters. The van der Waals surface area contributed by atoms with Gasteiger partial charge in [0.2, 0.25) is 11.9 Å². The average molecular weight is 362 g/mol. The lowest BCUT2D eigenvalue weighted by molar-refractivity contribution is -0.116. The third-order valence-electron chi connectivity index (χ3n) is 4.49. The molecule has 7 heteroatoms. The number of imidazole rings is 1. The molecule has 3 aromatic rings. The number of nitrogens with one attached hydrogen (secondary N) is 3. The highest BCUT2D eigenvalue weighted by Crippen LogP contribution is 2.28. The molecule has 2 aromatic carbocycles. The highest BCUT2D eigenvalue weighted by atomic mass is 16.5. The quantitative estimate of drug-likeness (QED) is 0.650. The highest BCUT2D eigenvalue weighted by Gasteiger charge is 2.29. The van der Waals surface area contributed by atoms with Gasteiger partial charge in [-0.3, -0.25) is 14.9 Å². The van der Waals surface area contributed by atoms with Crippen molar-refractivity contribution in [3.63, 3.8) is 0 Å². The Morgan fingerprint density at radius 2 is 2.07 bits per heavy atom. The Hall–Kier alpha value is -3.61. The Kier molecular flexibility index (Phi) is 4.33. The predicted octanol–water partition coefficient (Wildman–Crippen LogP) is 2.90. The molecule has 7 nitrogen and oxygen atoms in total. The summed E-state index contributed by atoms with van der Waals surface area (Å²) >= 11 is 0. The van der Waals surface area contributed by atoms with Gasteiger partial charge in [-0.2, -0.15) is 0 Å². The SMILES string of the molecule is COc1cccc(-c2cnc(NC(=O)CC3NC(=O)c4ccccc43)[nH]2)c1. The maximum atomic E-state index is 12.4. The Balaban J connectivity index is 1.44. The first kappa shape index (κ1) is 16.8. The fraction of sp³-hybridized carbons (Fsp3) is 0.150. The number of anilines is 1. The second-order valence-electron chi connectivity index (χ2n) is 6.24. The van der Waals surface area contributed by atoms with Gasteiger partial charge in [0, 0.05) is 11.1 Å². The number of aromatic nitrogens is 2. The molecule has 1 aliphatic heterocycles. The van der Waals surface area contributed by atoms with E-state index in [0.29, 0.717) is 11.5 Å². The molecule has 1 unspecified atom stereocenters. The van der Waals surface area contributed by atoms with E-state index in [1.54, 1.807) is 19.4 Å². The number of benzene rings is 2. The molecule has 0 fully saturated rings. The molecule has 0 spiro atoms. The predicted molar refractivity (Wildman–Crippen MR) is 100 cm³/mol. The summed E-state index contributed by atoms with van der Waals surface area (Å²) in [6.45, 7) is 0. The molecule has 0 radical (unpaired) electrons. The highest BCUT2D eigenvalue weighted by molar-refractivity contribution is 6.00. The van der Waals surface area contributed by atoms with E-state index in [1.807, 2.05) is 42.5 Å². The van der Waals surface area contributed by atoms with Crippen molar-refractivity contribution in [2.24, 2.45) is 0 Å². The van der Waals surface area contributed by atoms with E-state index in [-0.39, 0.29) is 24.3 Å². The van der Waals surface area contributed by atoms with Crippen molar-refractivity contribution in [1.82, 2.24) is 15.3 Å². The normalized spacial score (nSPS) is 15.1. The summed E-state index contributed by atoms with van der Waals surface area (Å²) in [5.74, 6) is 0.712. The van der Waals surface area contributed by atoms with E-state index in [0.717, 1.165) is 22.6 Å². The van der Waals surface area contributed by atoms with Crippen molar-refractivity contribution in [1.29, 1.82) is 0 Å². The largest absolute Gasteiger partial charge is 0.497 e. The molecule has 0 aliphatic carbocycles. The molecule has 3 N–H and O–H groups in total. The van der Waals surface area contributed by atoms with Gasteiger partial charge >= 0.3 is 0 Å². The summed E-state index contributed by atoms with van der Waals surface area (Å²) in [6.07, 6.45) is 1.79. The van der Waals surface area contributed by atoms with E-state index in [2.05, 4.69) is 20.6 Å². The molecule has 27 heavy (non-hydrogen) atoms. The van der Waals surface area contributed by atoms with Crippen LogP contribution in [-0.2, 0) is 4.79 Å². The molecule has 1 aromatic heterocycles. The lowest BCUT2D eigenvalue weighted by Crippen LogP contribution is -2.24. The molecule has 2 heterocycles. The van der Waals surface area contributed by atoms with Crippen LogP contribution in [0.15, 0.2) is 54.7 Å². The minimum absolute atomic E-state index is 0.137. The number of hydrogen-bond acceptors (Lipinski definition) is 4. The van der Waals surface area contributed by atoms with Crippen molar-refractivity contribution in [2.45, 2.75) is 12.5 Å². The second-order valence-corrected chi connectivity index (χ2v) is 6.24. The summed E-state index contributed by atoms with van der Waals surface area (Å²) in [5.41, 5.74) is 3.13.